The summed E-state index contributed by atoms with van der Waals surface area (Å²) in [6, 6.07) is 44.6. The highest BCUT2D eigenvalue weighted by Gasteiger charge is 2.57. The van der Waals surface area contributed by atoms with Gasteiger partial charge in [0, 0.05) is 38.0 Å². The molecule has 8 nitrogen and oxygen atoms in total. The maximum absolute atomic E-state index is 15.1. The third-order valence-corrected chi connectivity index (χ3v) is 9.16. The Morgan fingerprint density at radius 3 is 1.47 bits per heavy atom. The maximum Gasteiger partial charge on any atom is 0.244 e. The molecule has 8 rings (SSSR count). The van der Waals surface area contributed by atoms with Crippen LogP contribution in [-0.2, 0) is 10.2 Å². The van der Waals surface area contributed by atoms with Crippen LogP contribution < -0.4 is 16.8 Å². The van der Waals surface area contributed by atoms with Gasteiger partial charge in [-0.15, -0.1) is 0 Å². The Balaban J connectivity index is 1.57. The van der Waals surface area contributed by atoms with E-state index in [1.807, 2.05) is 140 Å². The standard InChI is InChI=1S/C38H28BrN7O/c39-26-21-22-30-29(23-26)38(37(47)42-30,31-33(24-13-5-1-6-14-24)43-45(35(31)40)27-17-9-3-10-18-27)32-34(25-15-7-2-8-16-25)44-46(36(32)41)28-19-11-4-12-20-28/h1-23H,40-41H2,(H,42,47). The van der Waals surface area contributed by atoms with Gasteiger partial charge < -0.3 is 16.8 Å². The van der Waals surface area contributed by atoms with E-state index in [1.54, 1.807) is 9.36 Å². The van der Waals surface area contributed by atoms with Crippen LogP contribution in [-0.4, -0.2) is 25.5 Å². The van der Waals surface area contributed by atoms with Crippen LogP contribution in [0, 0.1) is 0 Å². The Kier molecular flexibility index (Phi) is 6.77. The van der Waals surface area contributed by atoms with Crippen LogP contribution in [0.25, 0.3) is 33.9 Å². The molecule has 5 aromatic carbocycles. The fourth-order valence-electron chi connectivity index (χ4n) is 6.63. The van der Waals surface area contributed by atoms with E-state index in [-0.39, 0.29) is 5.91 Å². The van der Waals surface area contributed by atoms with Crippen molar-refractivity contribution >= 4 is 39.2 Å². The normalized spacial score (nSPS) is 13.3. The van der Waals surface area contributed by atoms with Crippen molar-refractivity contribution in [2.45, 2.75) is 5.41 Å². The van der Waals surface area contributed by atoms with E-state index >= 15 is 4.79 Å². The highest BCUT2D eigenvalue weighted by atomic mass is 79.9. The van der Waals surface area contributed by atoms with Gasteiger partial charge in [-0.1, -0.05) is 113 Å². The number of carbonyl (C=O) groups excluding carboxylic acids is 1. The Hall–Kier alpha value is -5.93. The molecule has 1 amide bonds. The zero-order chi connectivity index (χ0) is 32.1. The van der Waals surface area contributed by atoms with E-state index in [2.05, 4.69) is 21.2 Å². The van der Waals surface area contributed by atoms with Crippen LogP contribution in [0.1, 0.15) is 16.7 Å². The Bertz CT molecular complexity index is 2140. The van der Waals surface area contributed by atoms with E-state index in [0.717, 1.165) is 27.0 Å². The van der Waals surface area contributed by atoms with E-state index in [4.69, 9.17) is 21.7 Å². The van der Waals surface area contributed by atoms with Crippen LogP contribution in [0.5, 0.6) is 0 Å². The number of halogens is 1. The van der Waals surface area contributed by atoms with Crippen LogP contribution in [0.3, 0.4) is 0 Å². The van der Waals surface area contributed by atoms with Crippen LogP contribution in [0.2, 0.25) is 0 Å². The number of nitrogen functional groups attached to an aromatic ring is 2. The fourth-order valence-corrected chi connectivity index (χ4v) is 6.99. The van der Waals surface area contributed by atoms with Crippen molar-refractivity contribution in [3.05, 3.63) is 161 Å². The van der Waals surface area contributed by atoms with Crippen LogP contribution in [0.4, 0.5) is 17.3 Å². The lowest BCUT2D eigenvalue weighted by Crippen LogP contribution is -2.39. The number of carbonyl (C=O) groups is 1. The summed E-state index contributed by atoms with van der Waals surface area (Å²) in [5.41, 5.74) is 19.5. The monoisotopic (exact) mass is 677 g/mol. The molecule has 0 aliphatic carbocycles. The van der Waals surface area contributed by atoms with Crippen molar-refractivity contribution < 1.29 is 4.79 Å². The van der Waals surface area contributed by atoms with Crippen molar-refractivity contribution in [2.75, 3.05) is 16.8 Å². The summed E-state index contributed by atoms with van der Waals surface area (Å²) in [4.78, 5) is 15.1. The molecule has 0 saturated carbocycles. The number of fused-ring (bicyclic) bond motifs is 1. The minimum atomic E-state index is -1.57. The molecule has 9 heteroatoms. The predicted molar refractivity (Wildman–Crippen MR) is 189 cm³/mol. The summed E-state index contributed by atoms with van der Waals surface area (Å²) >= 11 is 3.69. The van der Waals surface area contributed by atoms with E-state index in [9.17, 15) is 0 Å². The minimum absolute atomic E-state index is 0.307. The molecule has 0 radical (unpaired) electrons. The number of aromatic nitrogens is 4. The van der Waals surface area contributed by atoms with Crippen molar-refractivity contribution in [2.24, 2.45) is 0 Å². The lowest BCUT2D eigenvalue weighted by molar-refractivity contribution is -0.118. The molecule has 5 N–H and O–H groups in total. The van der Waals surface area contributed by atoms with Gasteiger partial charge in [-0.3, -0.25) is 4.79 Å². The van der Waals surface area contributed by atoms with Gasteiger partial charge in [0.05, 0.1) is 22.8 Å². The molecule has 3 heterocycles. The number of nitrogens with two attached hydrogens (primary N) is 2. The van der Waals surface area contributed by atoms with Crippen molar-refractivity contribution in [1.29, 1.82) is 0 Å². The second-order valence-corrected chi connectivity index (χ2v) is 12.3. The molecule has 0 fully saturated rings. The first kappa shape index (κ1) is 28.5. The van der Waals surface area contributed by atoms with Gasteiger partial charge >= 0.3 is 0 Å². The average Bonchev–Trinajstić information content (AvgIpc) is 3.74. The maximum atomic E-state index is 15.1. The fraction of sp³-hybridized carbons (Fsp3) is 0.0263. The number of rotatable bonds is 6. The molecular formula is C38H28BrN7O. The quantitative estimate of drug-likeness (QED) is 0.168. The van der Waals surface area contributed by atoms with Gasteiger partial charge in [0.2, 0.25) is 5.91 Å². The Morgan fingerprint density at radius 2 is 1.02 bits per heavy atom. The molecule has 0 unspecified atom stereocenters. The lowest BCUT2D eigenvalue weighted by atomic mass is 9.68. The van der Waals surface area contributed by atoms with E-state index in [1.165, 1.54) is 0 Å². The number of anilines is 3. The van der Waals surface area contributed by atoms with E-state index < -0.39 is 5.41 Å². The highest BCUT2D eigenvalue weighted by molar-refractivity contribution is 9.10. The van der Waals surface area contributed by atoms with Crippen molar-refractivity contribution in [1.82, 2.24) is 19.6 Å². The molecule has 7 aromatic rings. The molecule has 47 heavy (non-hydrogen) atoms. The van der Waals surface area contributed by atoms with Gasteiger partial charge in [0.25, 0.3) is 0 Å². The highest BCUT2D eigenvalue weighted by Crippen LogP contribution is 2.56. The first-order chi connectivity index (χ1) is 23.0. The first-order valence-corrected chi connectivity index (χ1v) is 15.9. The number of nitrogens with one attached hydrogen (secondary N) is 1. The average molecular weight is 679 g/mol. The minimum Gasteiger partial charge on any atom is -0.383 e. The number of amides is 1. The molecular weight excluding hydrogens is 650 g/mol. The lowest BCUT2D eigenvalue weighted by Gasteiger charge is -2.30. The zero-order valence-electron chi connectivity index (χ0n) is 25.0. The summed E-state index contributed by atoms with van der Waals surface area (Å²) in [5.74, 6) is 0.311. The third-order valence-electron chi connectivity index (χ3n) is 8.66. The van der Waals surface area contributed by atoms with Gasteiger partial charge in [-0.2, -0.15) is 10.2 Å². The number of hydrogen-bond donors (Lipinski definition) is 3. The number of nitrogens with zero attached hydrogens (tertiary/aromatic N) is 4. The number of hydrogen-bond acceptors (Lipinski definition) is 5. The Morgan fingerprint density at radius 1 is 0.596 bits per heavy atom. The van der Waals surface area contributed by atoms with Crippen LogP contribution in [0.15, 0.2) is 144 Å². The molecule has 0 atom stereocenters. The van der Waals surface area contributed by atoms with Gasteiger partial charge in [-0.25, -0.2) is 9.36 Å². The largest absolute Gasteiger partial charge is 0.383 e. The summed E-state index contributed by atoms with van der Waals surface area (Å²) in [6.45, 7) is 0. The number of para-hydroxylation sites is 2. The second kappa shape index (κ2) is 11.1. The van der Waals surface area contributed by atoms with Gasteiger partial charge in [-0.05, 0) is 42.5 Å². The molecule has 1 aliphatic heterocycles. The van der Waals surface area contributed by atoms with Gasteiger partial charge in [0.1, 0.15) is 17.1 Å². The van der Waals surface area contributed by atoms with Crippen molar-refractivity contribution in [3.8, 4) is 33.9 Å². The summed E-state index contributed by atoms with van der Waals surface area (Å²) in [6.07, 6.45) is 0. The van der Waals surface area contributed by atoms with Gasteiger partial charge in [0.15, 0.2) is 0 Å². The second-order valence-electron chi connectivity index (χ2n) is 11.3. The SMILES string of the molecule is Nc1c(C2(c3c(-c4ccccc4)nn(-c4ccccc4)c3N)C(=O)Nc3ccc(Br)cc32)c(-c2ccccc2)nn1-c1ccccc1. The summed E-state index contributed by atoms with van der Waals surface area (Å²) in [5, 5.41) is 13.4. The first-order valence-electron chi connectivity index (χ1n) is 15.1. The van der Waals surface area contributed by atoms with Crippen LogP contribution >= 0.6 is 15.9 Å². The summed E-state index contributed by atoms with van der Waals surface area (Å²) < 4.78 is 4.19. The predicted octanol–water partition coefficient (Wildman–Crippen LogP) is 7.61. The smallest absolute Gasteiger partial charge is 0.244 e. The van der Waals surface area contributed by atoms with E-state index in [0.29, 0.717) is 45.4 Å². The topological polar surface area (TPSA) is 117 Å². The molecule has 2 aromatic heterocycles. The molecule has 0 bridgehead atoms. The molecule has 0 saturated heterocycles. The number of benzene rings is 5. The summed E-state index contributed by atoms with van der Waals surface area (Å²) in [7, 11) is 0. The molecule has 228 valence electrons. The molecule has 0 spiro atoms. The Labute approximate surface area is 279 Å². The van der Waals surface area contributed by atoms with Crippen molar-refractivity contribution in [3.63, 3.8) is 0 Å². The molecule has 1 aliphatic rings. The third kappa shape index (κ3) is 4.39. The zero-order valence-corrected chi connectivity index (χ0v) is 26.6.